The molecule has 2 rings (SSSR count). The average molecular weight is 289 g/mol. The number of nitrogens with one attached hydrogen (secondary N) is 1. The van der Waals surface area contributed by atoms with E-state index < -0.39 is 0 Å². The molecule has 0 bridgehead atoms. The molecule has 1 aromatic heterocycles. The lowest BCUT2D eigenvalue weighted by Crippen LogP contribution is -2.09. The van der Waals surface area contributed by atoms with Gasteiger partial charge in [-0.15, -0.1) is 11.3 Å². The van der Waals surface area contributed by atoms with Gasteiger partial charge in [-0.2, -0.15) is 0 Å². The van der Waals surface area contributed by atoms with Crippen LogP contribution in [0.25, 0.3) is 0 Å². The Kier molecular flexibility index (Phi) is 4.33. The van der Waals surface area contributed by atoms with Crippen molar-refractivity contribution in [1.29, 1.82) is 0 Å². The van der Waals surface area contributed by atoms with E-state index in [2.05, 4.69) is 74.3 Å². The number of hydrogen-bond acceptors (Lipinski definition) is 4. The highest BCUT2D eigenvalue weighted by molar-refractivity contribution is 7.11. The van der Waals surface area contributed by atoms with Crippen LogP contribution in [-0.4, -0.2) is 19.1 Å². The number of aromatic nitrogens is 1. The SMILES string of the molecule is CN(C)c1cccc(NCc2cnc(C(C)(C)C)s2)c1. The molecule has 0 aliphatic rings. The number of benzene rings is 1. The topological polar surface area (TPSA) is 28.2 Å². The summed E-state index contributed by atoms with van der Waals surface area (Å²) in [5.74, 6) is 0. The number of rotatable bonds is 4. The summed E-state index contributed by atoms with van der Waals surface area (Å²) in [6, 6.07) is 8.44. The summed E-state index contributed by atoms with van der Waals surface area (Å²) in [5, 5.41) is 4.66. The van der Waals surface area contributed by atoms with Crippen molar-refractivity contribution < 1.29 is 0 Å². The smallest absolute Gasteiger partial charge is 0.0981 e. The van der Waals surface area contributed by atoms with Gasteiger partial charge in [0.05, 0.1) is 11.6 Å². The molecule has 4 heteroatoms. The Morgan fingerprint density at radius 1 is 1.25 bits per heavy atom. The first kappa shape index (κ1) is 14.9. The molecule has 0 amide bonds. The van der Waals surface area contributed by atoms with Gasteiger partial charge >= 0.3 is 0 Å². The van der Waals surface area contributed by atoms with Gasteiger partial charge in [0.25, 0.3) is 0 Å². The Labute approximate surface area is 125 Å². The summed E-state index contributed by atoms with van der Waals surface area (Å²) in [6.45, 7) is 7.42. The predicted octanol–water partition coefficient (Wildman–Crippen LogP) is 4.12. The maximum atomic E-state index is 4.52. The van der Waals surface area contributed by atoms with Gasteiger partial charge in [-0.05, 0) is 18.2 Å². The summed E-state index contributed by atoms with van der Waals surface area (Å²) in [5.41, 5.74) is 2.48. The second kappa shape index (κ2) is 5.83. The van der Waals surface area contributed by atoms with Crippen LogP contribution in [0.3, 0.4) is 0 Å². The minimum atomic E-state index is 0.133. The average Bonchev–Trinajstić information content (AvgIpc) is 2.85. The van der Waals surface area contributed by atoms with Crippen LogP contribution < -0.4 is 10.2 Å². The van der Waals surface area contributed by atoms with Crippen molar-refractivity contribution in [3.63, 3.8) is 0 Å². The lowest BCUT2D eigenvalue weighted by molar-refractivity contribution is 0.585. The van der Waals surface area contributed by atoms with Crippen molar-refractivity contribution in [3.8, 4) is 0 Å². The zero-order chi connectivity index (χ0) is 14.8. The molecule has 0 aliphatic heterocycles. The molecule has 0 saturated carbocycles. The van der Waals surface area contributed by atoms with Crippen LogP contribution in [0.5, 0.6) is 0 Å². The van der Waals surface area contributed by atoms with Crippen LogP contribution in [0.2, 0.25) is 0 Å². The predicted molar refractivity (Wildman–Crippen MR) is 88.9 cm³/mol. The van der Waals surface area contributed by atoms with Gasteiger partial charge in [0.2, 0.25) is 0 Å². The molecular formula is C16H23N3S. The first-order chi connectivity index (χ1) is 9.36. The lowest BCUT2D eigenvalue weighted by atomic mass is 9.98. The van der Waals surface area contributed by atoms with E-state index in [9.17, 15) is 0 Å². The maximum absolute atomic E-state index is 4.52. The third kappa shape index (κ3) is 3.73. The summed E-state index contributed by atoms with van der Waals surface area (Å²) in [4.78, 5) is 7.89. The van der Waals surface area contributed by atoms with Crippen LogP contribution in [-0.2, 0) is 12.0 Å². The maximum Gasteiger partial charge on any atom is 0.0981 e. The fourth-order valence-corrected chi connectivity index (χ4v) is 2.73. The van der Waals surface area contributed by atoms with Gasteiger partial charge in [0.1, 0.15) is 0 Å². The van der Waals surface area contributed by atoms with E-state index in [1.165, 1.54) is 15.6 Å². The fraction of sp³-hybridized carbons (Fsp3) is 0.438. The largest absolute Gasteiger partial charge is 0.380 e. The molecule has 0 unspecified atom stereocenters. The second-order valence-electron chi connectivity index (χ2n) is 6.18. The molecule has 20 heavy (non-hydrogen) atoms. The molecule has 0 spiro atoms. The van der Waals surface area contributed by atoms with E-state index in [4.69, 9.17) is 0 Å². The third-order valence-electron chi connectivity index (χ3n) is 3.02. The van der Waals surface area contributed by atoms with E-state index >= 15 is 0 Å². The molecule has 0 saturated heterocycles. The van der Waals surface area contributed by atoms with Gasteiger partial charge in [0, 0.05) is 42.0 Å². The Morgan fingerprint density at radius 2 is 2.00 bits per heavy atom. The summed E-state index contributed by atoms with van der Waals surface area (Å²) >= 11 is 1.79. The van der Waals surface area contributed by atoms with Crippen molar-refractivity contribution in [3.05, 3.63) is 40.3 Å². The Hall–Kier alpha value is -1.55. The van der Waals surface area contributed by atoms with Crippen LogP contribution in [0.15, 0.2) is 30.5 Å². The molecule has 0 aliphatic carbocycles. The second-order valence-corrected chi connectivity index (χ2v) is 7.30. The van der Waals surface area contributed by atoms with E-state index in [-0.39, 0.29) is 5.41 Å². The van der Waals surface area contributed by atoms with Gasteiger partial charge in [-0.1, -0.05) is 26.8 Å². The minimum absolute atomic E-state index is 0.133. The van der Waals surface area contributed by atoms with Crippen LogP contribution in [0.1, 0.15) is 30.7 Å². The number of anilines is 2. The van der Waals surface area contributed by atoms with E-state index in [0.29, 0.717) is 0 Å². The van der Waals surface area contributed by atoms with Gasteiger partial charge in [-0.25, -0.2) is 4.98 Å². The van der Waals surface area contributed by atoms with Gasteiger partial charge in [-0.3, -0.25) is 0 Å². The van der Waals surface area contributed by atoms with Crippen molar-refractivity contribution in [2.24, 2.45) is 0 Å². The first-order valence-electron chi connectivity index (χ1n) is 6.83. The standard InChI is InChI=1S/C16H23N3S/c1-16(2,3)15-18-11-14(20-15)10-17-12-7-6-8-13(9-12)19(4)5/h6-9,11,17H,10H2,1-5H3. The minimum Gasteiger partial charge on any atom is -0.380 e. The fourth-order valence-electron chi connectivity index (χ4n) is 1.82. The van der Waals surface area contributed by atoms with Crippen molar-refractivity contribution in [2.45, 2.75) is 32.7 Å². The van der Waals surface area contributed by atoms with Crippen molar-refractivity contribution in [2.75, 3.05) is 24.3 Å². The number of nitrogens with zero attached hydrogens (tertiary/aromatic N) is 2. The highest BCUT2D eigenvalue weighted by Gasteiger charge is 2.17. The number of thiazole rings is 1. The zero-order valence-electron chi connectivity index (χ0n) is 12.9. The zero-order valence-corrected chi connectivity index (χ0v) is 13.7. The van der Waals surface area contributed by atoms with Crippen LogP contribution in [0.4, 0.5) is 11.4 Å². The van der Waals surface area contributed by atoms with Crippen molar-refractivity contribution >= 4 is 22.7 Å². The molecule has 3 nitrogen and oxygen atoms in total. The highest BCUT2D eigenvalue weighted by Crippen LogP contribution is 2.27. The van der Waals surface area contributed by atoms with Crippen molar-refractivity contribution in [1.82, 2.24) is 4.98 Å². The van der Waals surface area contributed by atoms with Gasteiger partial charge < -0.3 is 10.2 Å². The third-order valence-corrected chi connectivity index (χ3v) is 4.45. The molecular weight excluding hydrogens is 266 g/mol. The normalized spacial score (nSPS) is 11.4. The van der Waals surface area contributed by atoms with Crippen LogP contribution in [0, 0.1) is 0 Å². The van der Waals surface area contributed by atoms with E-state index in [1.54, 1.807) is 11.3 Å². The molecule has 0 fully saturated rings. The van der Waals surface area contributed by atoms with E-state index in [1.807, 2.05) is 6.20 Å². The number of hydrogen-bond donors (Lipinski definition) is 1. The quantitative estimate of drug-likeness (QED) is 0.917. The van der Waals surface area contributed by atoms with Gasteiger partial charge in [0.15, 0.2) is 0 Å². The first-order valence-corrected chi connectivity index (χ1v) is 7.64. The molecule has 1 N–H and O–H groups in total. The molecule has 1 aromatic carbocycles. The molecule has 1 heterocycles. The molecule has 0 radical (unpaired) electrons. The highest BCUT2D eigenvalue weighted by atomic mass is 32.1. The summed E-state index contributed by atoms with van der Waals surface area (Å²) in [7, 11) is 4.11. The Bertz CT molecular complexity index is 567. The molecule has 108 valence electrons. The Morgan fingerprint density at radius 3 is 2.60 bits per heavy atom. The monoisotopic (exact) mass is 289 g/mol. The van der Waals surface area contributed by atoms with E-state index in [0.717, 1.165) is 12.2 Å². The Balaban J connectivity index is 2.02. The lowest BCUT2D eigenvalue weighted by Gasteiger charge is -2.14. The summed E-state index contributed by atoms with van der Waals surface area (Å²) < 4.78 is 0. The van der Waals surface area contributed by atoms with Crippen LogP contribution >= 0.6 is 11.3 Å². The molecule has 0 atom stereocenters. The summed E-state index contributed by atoms with van der Waals surface area (Å²) in [6.07, 6.45) is 1.98. The molecule has 2 aromatic rings.